The molecule has 88 valence electrons. The van der Waals surface area contributed by atoms with Crippen LogP contribution in [0.25, 0.3) is 0 Å². The molecule has 15 heavy (non-hydrogen) atoms. The number of carbonyl (C=O) groups is 1. The van der Waals surface area contributed by atoms with Crippen molar-refractivity contribution in [2.75, 3.05) is 20.3 Å². The van der Waals surface area contributed by atoms with Crippen molar-refractivity contribution in [1.29, 1.82) is 0 Å². The van der Waals surface area contributed by atoms with Crippen molar-refractivity contribution in [3.63, 3.8) is 0 Å². The molecule has 0 bridgehead atoms. The van der Waals surface area contributed by atoms with Crippen molar-refractivity contribution in [1.82, 2.24) is 0 Å². The summed E-state index contributed by atoms with van der Waals surface area (Å²) in [5.41, 5.74) is 0. The first-order valence-electron chi connectivity index (χ1n) is 5.80. The third kappa shape index (κ3) is 3.82. The summed E-state index contributed by atoms with van der Waals surface area (Å²) in [6.45, 7) is 5.86. The van der Waals surface area contributed by atoms with E-state index in [0.29, 0.717) is 11.8 Å². The molecule has 0 aliphatic carbocycles. The summed E-state index contributed by atoms with van der Waals surface area (Å²) in [4.78, 5) is 11.6. The molecule has 1 atom stereocenters. The van der Waals surface area contributed by atoms with E-state index in [1.807, 2.05) is 0 Å². The van der Waals surface area contributed by atoms with Crippen LogP contribution in [-0.4, -0.2) is 26.3 Å². The molecule has 0 aromatic rings. The van der Waals surface area contributed by atoms with Gasteiger partial charge >= 0.3 is 5.97 Å². The van der Waals surface area contributed by atoms with Gasteiger partial charge in [-0.15, -0.1) is 0 Å². The van der Waals surface area contributed by atoms with Gasteiger partial charge in [0, 0.05) is 13.2 Å². The molecular weight excluding hydrogens is 192 g/mol. The van der Waals surface area contributed by atoms with Crippen LogP contribution < -0.4 is 0 Å². The molecule has 0 N–H and O–H groups in total. The SMILES string of the molecule is COC(=O)C(CC1CCOCC1)C(C)C. The minimum Gasteiger partial charge on any atom is -0.469 e. The molecule has 1 heterocycles. The molecule has 0 spiro atoms. The molecule has 3 heteroatoms. The fourth-order valence-corrected chi connectivity index (χ4v) is 2.13. The summed E-state index contributed by atoms with van der Waals surface area (Å²) < 4.78 is 10.2. The molecule has 3 nitrogen and oxygen atoms in total. The normalized spacial score (nSPS) is 20.3. The van der Waals surface area contributed by atoms with Crippen molar-refractivity contribution in [2.24, 2.45) is 17.8 Å². The van der Waals surface area contributed by atoms with E-state index in [4.69, 9.17) is 9.47 Å². The van der Waals surface area contributed by atoms with Crippen molar-refractivity contribution in [3.8, 4) is 0 Å². The molecule has 0 saturated carbocycles. The minimum absolute atomic E-state index is 0.0538. The Hall–Kier alpha value is -0.570. The molecule has 0 aromatic heterocycles. The average Bonchev–Trinajstić information content (AvgIpc) is 2.26. The summed E-state index contributed by atoms with van der Waals surface area (Å²) in [7, 11) is 1.47. The van der Waals surface area contributed by atoms with Crippen LogP contribution in [-0.2, 0) is 14.3 Å². The maximum Gasteiger partial charge on any atom is 0.308 e. The molecule has 0 aromatic carbocycles. The number of rotatable bonds is 4. The monoisotopic (exact) mass is 214 g/mol. The molecular formula is C12H22O3. The molecule has 1 aliphatic rings. The molecule has 0 radical (unpaired) electrons. The van der Waals surface area contributed by atoms with E-state index in [0.717, 1.165) is 32.5 Å². The average molecular weight is 214 g/mol. The van der Waals surface area contributed by atoms with Crippen LogP contribution in [0.3, 0.4) is 0 Å². The van der Waals surface area contributed by atoms with Gasteiger partial charge in [0.1, 0.15) is 0 Å². The molecule has 0 amide bonds. The van der Waals surface area contributed by atoms with Gasteiger partial charge in [-0.3, -0.25) is 4.79 Å². The lowest BCUT2D eigenvalue weighted by molar-refractivity contribution is -0.148. The van der Waals surface area contributed by atoms with Crippen LogP contribution >= 0.6 is 0 Å². The lowest BCUT2D eigenvalue weighted by atomic mass is 9.83. The van der Waals surface area contributed by atoms with Gasteiger partial charge in [0.15, 0.2) is 0 Å². The van der Waals surface area contributed by atoms with Crippen LogP contribution in [0.15, 0.2) is 0 Å². The Balaban J connectivity index is 2.46. The van der Waals surface area contributed by atoms with Crippen molar-refractivity contribution in [2.45, 2.75) is 33.1 Å². The third-order valence-corrected chi connectivity index (χ3v) is 3.24. The topological polar surface area (TPSA) is 35.5 Å². The lowest BCUT2D eigenvalue weighted by Crippen LogP contribution is -2.27. The fraction of sp³-hybridized carbons (Fsp3) is 0.917. The van der Waals surface area contributed by atoms with E-state index in [1.165, 1.54) is 7.11 Å². The van der Waals surface area contributed by atoms with Crippen molar-refractivity contribution >= 4 is 5.97 Å². The van der Waals surface area contributed by atoms with Gasteiger partial charge in [-0.25, -0.2) is 0 Å². The molecule has 1 unspecified atom stereocenters. The highest BCUT2D eigenvalue weighted by Gasteiger charge is 2.27. The van der Waals surface area contributed by atoms with Gasteiger partial charge in [-0.1, -0.05) is 13.8 Å². The van der Waals surface area contributed by atoms with Gasteiger partial charge in [-0.05, 0) is 31.1 Å². The first-order chi connectivity index (χ1) is 7.15. The Bertz CT molecular complexity index is 195. The summed E-state index contributed by atoms with van der Waals surface area (Å²) in [6, 6.07) is 0. The van der Waals surface area contributed by atoms with Crippen molar-refractivity contribution in [3.05, 3.63) is 0 Å². The van der Waals surface area contributed by atoms with Crippen LogP contribution in [0.4, 0.5) is 0 Å². The van der Waals surface area contributed by atoms with Crippen LogP contribution in [0.1, 0.15) is 33.1 Å². The van der Waals surface area contributed by atoms with Crippen LogP contribution in [0.2, 0.25) is 0 Å². The third-order valence-electron chi connectivity index (χ3n) is 3.24. The standard InChI is InChI=1S/C12H22O3/c1-9(2)11(12(13)14-3)8-10-4-6-15-7-5-10/h9-11H,4-8H2,1-3H3. The Kier molecular flexibility index (Phi) is 5.09. The Morgan fingerprint density at radius 1 is 1.40 bits per heavy atom. The highest BCUT2D eigenvalue weighted by atomic mass is 16.5. The number of methoxy groups -OCH3 is 1. The number of ether oxygens (including phenoxy) is 2. The largest absolute Gasteiger partial charge is 0.469 e. The summed E-state index contributed by atoms with van der Waals surface area (Å²) in [6.07, 6.45) is 3.12. The lowest BCUT2D eigenvalue weighted by Gasteiger charge is -2.27. The summed E-state index contributed by atoms with van der Waals surface area (Å²) in [5.74, 6) is 0.986. The zero-order valence-corrected chi connectivity index (χ0v) is 9.99. The van der Waals surface area contributed by atoms with Crippen molar-refractivity contribution < 1.29 is 14.3 Å². The zero-order chi connectivity index (χ0) is 11.3. The smallest absolute Gasteiger partial charge is 0.308 e. The zero-order valence-electron chi connectivity index (χ0n) is 9.99. The van der Waals surface area contributed by atoms with Gasteiger partial charge in [-0.2, -0.15) is 0 Å². The number of esters is 1. The first-order valence-corrected chi connectivity index (χ1v) is 5.80. The second-order valence-corrected chi connectivity index (χ2v) is 4.67. The predicted molar refractivity (Wildman–Crippen MR) is 58.5 cm³/mol. The van der Waals surface area contributed by atoms with Gasteiger partial charge < -0.3 is 9.47 Å². The fourth-order valence-electron chi connectivity index (χ4n) is 2.13. The molecule has 1 rings (SSSR count). The second kappa shape index (κ2) is 6.11. The highest BCUT2D eigenvalue weighted by Crippen LogP contribution is 2.27. The highest BCUT2D eigenvalue weighted by molar-refractivity contribution is 5.72. The van der Waals surface area contributed by atoms with E-state index < -0.39 is 0 Å². The van der Waals surface area contributed by atoms with E-state index in [9.17, 15) is 4.79 Å². The van der Waals surface area contributed by atoms with E-state index >= 15 is 0 Å². The van der Waals surface area contributed by atoms with Crippen LogP contribution in [0, 0.1) is 17.8 Å². The first kappa shape index (κ1) is 12.5. The van der Waals surface area contributed by atoms with Gasteiger partial charge in [0.2, 0.25) is 0 Å². The van der Waals surface area contributed by atoms with E-state index in [2.05, 4.69) is 13.8 Å². The van der Waals surface area contributed by atoms with Gasteiger partial charge in [0.05, 0.1) is 13.0 Å². The Morgan fingerprint density at radius 3 is 2.47 bits per heavy atom. The molecule has 1 aliphatic heterocycles. The van der Waals surface area contributed by atoms with Crippen LogP contribution in [0.5, 0.6) is 0 Å². The molecule has 1 fully saturated rings. The molecule has 1 saturated heterocycles. The quantitative estimate of drug-likeness (QED) is 0.673. The van der Waals surface area contributed by atoms with Gasteiger partial charge in [0.25, 0.3) is 0 Å². The maximum absolute atomic E-state index is 11.6. The summed E-state index contributed by atoms with van der Waals surface area (Å²) in [5, 5.41) is 0. The summed E-state index contributed by atoms with van der Waals surface area (Å²) >= 11 is 0. The van der Waals surface area contributed by atoms with E-state index in [1.54, 1.807) is 0 Å². The Morgan fingerprint density at radius 2 is 2.00 bits per heavy atom. The number of hydrogen-bond donors (Lipinski definition) is 0. The van der Waals surface area contributed by atoms with E-state index in [-0.39, 0.29) is 11.9 Å². The Labute approximate surface area is 92.1 Å². The predicted octanol–water partition coefficient (Wildman–Crippen LogP) is 2.25. The second-order valence-electron chi connectivity index (χ2n) is 4.67. The number of carbonyl (C=O) groups excluding carboxylic acids is 1. The number of hydrogen-bond acceptors (Lipinski definition) is 3. The minimum atomic E-state index is -0.0588. The maximum atomic E-state index is 11.6.